The van der Waals surface area contributed by atoms with E-state index >= 15 is 0 Å². The zero-order chi connectivity index (χ0) is 34.2. The summed E-state index contributed by atoms with van der Waals surface area (Å²) in [4.78, 5) is 2.31. The van der Waals surface area contributed by atoms with Gasteiger partial charge in [-0.3, -0.25) is 0 Å². The molecule has 0 unspecified atom stereocenters. The van der Waals surface area contributed by atoms with Crippen LogP contribution in [0.3, 0.4) is 0 Å². The maximum atomic E-state index is 6.33. The second-order valence-electron chi connectivity index (χ2n) is 13.3. The van der Waals surface area contributed by atoms with Crippen LogP contribution in [0, 0.1) is 0 Å². The Labute approximate surface area is 303 Å². The molecule has 0 bridgehead atoms. The third-order valence-corrected chi connectivity index (χ3v) is 11.6. The number of aromatic nitrogens is 1. The minimum atomic E-state index is 0.880. The van der Waals surface area contributed by atoms with E-state index in [0.717, 1.165) is 44.7 Å². The van der Waals surface area contributed by atoms with Crippen molar-refractivity contribution in [2.45, 2.75) is 0 Å². The van der Waals surface area contributed by atoms with Gasteiger partial charge in [-0.15, -0.1) is 11.3 Å². The lowest BCUT2D eigenvalue weighted by Crippen LogP contribution is -2.09. The van der Waals surface area contributed by atoms with E-state index in [-0.39, 0.29) is 0 Å². The lowest BCUT2D eigenvalue weighted by atomic mass is 10.0. The highest BCUT2D eigenvalue weighted by Gasteiger charge is 2.19. The van der Waals surface area contributed by atoms with Crippen molar-refractivity contribution < 1.29 is 4.42 Å². The highest BCUT2D eigenvalue weighted by molar-refractivity contribution is 7.26. The van der Waals surface area contributed by atoms with Crippen LogP contribution in [0.2, 0.25) is 0 Å². The zero-order valence-corrected chi connectivity index (χ0v) is 28.8. The van der Waals surface area contributed by atoms with Crippen LogP contribution >= 0.6 is 11.3 Å². The number of benzene rings is 8. The normalized spacial score (nSPS) is 11.8. The number of hydrogen-bond donors (Lipinski definition) is 0. The topological polar surface area (TPSA) is 21.3 Å². The summed E-state index contributed by atoms with van der Waals surface area (Å²) >= 11 is 1.87. The van der Waals surface area contributed by atoms with Gasteiger partial charge in [-0.1, -0.05) is 103 Å². The predicted molar refractivity (Wildman–Crippen MR) is 221 cm³/mol. The summed E-state index contributed by atoms with van der Waals surface area (Å²) in [5.41, 5.74) is 11.0. The molecule has 11 rings (SSSR count). The molecule has 0 aliphatic rings. The van der Waals surface area contributed by atoms with Crippen LogP contribution in [0.4, 0.5) is 17.1 Å². The van der Waals surface area contributed by atoms with Crippen LogP contribution in [0.15, 0.2) is 186 Å². The summed E-state index contributed by atoms with van der Waals surface area (Å²) in [5, 5.41) is 7.36. The Hall–Kier alpha value is -6.62. The Bertz CT molecular complexity index is 3080. The first-order valence-corrected chi connectivity index (χ1v) is 18.4. The quantitative estimate of drug-likeness (QED) is 0.180. The van der Waals surface area contributed by atoms with Gasteiger partial charge in [0.2, 0.25) is 0 Å². The Kier molecular flexibility index (Phi) is 6.42. The molecule has 3 heterocycles. The molecule has 0 radical (unpaired) electrons. The van der Waals surface area contributed by atoms with E-state index in [1.165, 1.54) is 53.1 Å². The monoisotopic (exact) mass is 682 g/mol. The second-order valence-corrected chi connectivity index (χ2v) is 14.4. The number of para-hydroxylation sites is 4. The number of furan rings is 1. The highest BCUT2D eigenvalue weighted by Crippen LogP contribution is 2.44. The van der Waals surface area contributed by atoms with E-state index < -0.39 is 0 Å². The number of anilines is 3. The van der Waals surface area contributed by atoms with Crippen molar-refractivity contribution >= 4 is 92.3 Å². The molecule has 0 saturated heterocycles. The van der Waals surface area contributed by atoms with Crippen molar-refractivity contribution in [3.63, 3.8) is 0 Å². The van der Waals surface area contributed by atoms with Gasteiger partial charge in [-0.25, -0.2) is 0 Å². The average Bonchev–Trinajstić information content (AvgIpc) is 3.88. The van der Waals surface area contributed by atoms with Crippen molar-refractivity contribution in [2.24, 2.45) is 0 Å². The van der Waals surface area contributed by atoms with Crippen LogP contribution < -0.4 is 4.90 Å². The van der Waals surface area contributed by atoms with Crippen molar-refractivity contribution in [3.05, 3.63) is 182 Å². The minimum absolute atomic E-state index is 0.880. The molecular formula is C48H30N2OS. The third-order valence-electron chi connectivity index (χ3n) is 10.4. The fraction of sp³-hybridized carbons (Fsp3) is 0. The SMILES string of the molecule is c1ccc(N(c2ccc(-c3cc(-n4c5ccccc5c5ccccc54)cc4c3sc3ccccc34)cc2)c2ccc3c(c2)oc2ccccc23)cc1. The van der Waals surface area contributed by atoms with E-state index in [0.29, 0.717) is 0 Å². The highest BCUT2D eigenvalue weighted by atomic mass is 32.1. The number of rotatable bonds is 5. The second kappa shape index (κ2) is 11.5. The summed E-state index contributed by atoms with van der Waals surface area (Å²) < 4.78 is 11.4. The van der Waals surface area contributed by atoms with Gasteiger partial charge in [-0.2, -0.15) is 0 Å². The largest absolute Gasteiger partial charge is 0.456 e. The Morgan fingerprint density at radius 3 is 1.79 bits per heavy atom. The van der Waals surface area contributed by atoms with Gasteiger partial charge >= 0.3 is 0 Å². The molecule has 52 heavy (non-hydrogen) atoms. The first-order valence-electron chi connectivity index (χ1n) is 17.6. The molecule has 0 N–H and O–H groups in total. The van der Waals surface area contributed by atoms with Crippen LogP contribution in [0.1, 0.15) is 0 Å². The van der Waals surface area contributed by atoms with E-state index in [1.54, 1.807) is 0 Å². The summed E-state index contributed by atoms with van der Waals surface area (Å²) in [6, 6.07) is 65.4. The van der Waals surface area contributed by atoms with Gasteiger partial charge < -0.3 is 13.9 Å². The fourth-order valence-corrected chi connectivity index (χ4v) is 9.24. The third kappa shape index (κ3) is 4.45. The molecule has 0 aliphatic carbocycles. The summed E-state index contributed by atoms with van der Waals surface area (Å²) in [6.07, 6.45) is 0. The van der Waals surface area contributed by atoms with Crippen LogP contribution in [-0.2, 0) is 0 Å². The molecule has 0 fully saturated rings. The zero-order valence-electron chi connectivity index (χ0n) is 28.0. The molecule has 11 aromatic rings. The van der Waals surface area contributed by atoms with Crippen molar-refractivity contribution in [1.29, 1.82) is 0 Å². The molecule has 8 aromatic carbocycles. The number of hydrogen-bond acceptors (Lipinski definition) is 3. The fourth-order valence-electron chi connectivity index (χ4n) is 8.02. The van der Waals surface area contributed by atoms with E-state index in [2.05, 4.69) is 179 Å². The Balaban J connectivity index is 1.10. The van der Waals surface area contributed by atoms with E-state index in [4.69, 9.17) is 4.42 Å². The van der Waals surface area contributed by atoms with Crippen LogP contribution in [-0.4, -0.2) is 4.57 Å². The average molecular weight is 683 g/mol. The lowest BCUT2D eigenvalue weighted by molar-refractivity contribution is 0.669. The van der Waals surface area contributed by atoms with Gasteiger partial charge in [0.1, 0.15) is 11.2 Å². The van der Waals surface area contributed by atoms with Gasteiger partial charge in [0.25, 0.3) is 0 Å². The molecule has 244 valence electrons. The number of fused-ring (bicyclic) bond motifs is 9. The molecule has 3 aromatic heterocycles. The Morgan fingerprint density at radius 2 is 1.02 bits per heavy atom. The molecule has 0 aliphatic heterocycles. The van der Waals surface area contributed by atoms with Crippen LogP contribution in [0.25, 0.3) is 80.7 Å². The molecule has 3 nitrogen and oxygen atoms in total. The first kappa shape index (κ1) is 29.1. The summed E-state index contributed by atoms with van der Waals surface area (Å²) in [6.45, 7) is 0. The summed E-state index contributed by atoms with van der Waals surface area (Å²) in [7, 11) is 0. The molecule has 4 heteroatoms. The maximum Gasteiger partial charge on any atom is 0.137 e. The molecule has 0 atom stereocenters. The van der Waals surface area contributed by atoms with Gasteiger partial charge in [-0.05, 0) is 78.4 Å². The minimum Gasteiger partial charge on any atom is -0.456 e. The number of thiophene rings is 1. The van der Waals surface area contributed by atoms with Crippen molar-refractivity contribution in [1.82, 2.24) is 4.57 Å². The molecule has 0 saturated carbocycles. The van der Waals surface area contributed by atoms with Gasteiger partial charge in [0, 0.05) is 76.1 Å². The van der Waals surface area contributed by atoms with Crippen LogP contribution in [0.5, 0.6) is 0 Å². The first-order chi connectivity index (χ1) is 25.8. The predicted octanol–water partition coefficient (Wildman–Crippen LogP) is 14.2. The number of nitrogens with zero attached hydrogens (tertiary/aromatic N) is 2. The standard InChI is InChI=1S/C48H30N2OS/c1-2-12-32(13-3-1)49(34-26-27-39-38-16-6-10-20-45(38)51-46(39)30-34)33-24-22-31(23-25-33)41-28-35(29-42-40-17-7-11-21-47(40)52-48(41)42)50-43-18-8-4-14-36(43)37-15-5-9-19-44(37)50/h1-30H. The smallest absolute Gasteiger partial charge is 0.137 e. The lowest BCUT2D eigenvalue weighted by Gasteiger charge is -2.25. The van der Waals surface area contributed by atoms with Crippen molar-refractivity contribution in [2.75, 3.05) is 4.90 Å². The molecule has 0 amide bonds. The summed E-state index contributed by atoms with van der Waals surface area (Å²) in [5.74, 6) is 0. The van der Waals surface area contributed by atoms with Crippen molar-refractivity contribution in [3.8, 4) is 16.8 Å². The van der Waals surface area contributed by atoms with E-state index in [9.17, 15) is 0 Å². The van der Waals surface area contributed by atoms with Gasteiger partial charge in [0.15, 0.2) is 0 Å². The molecule has 0 spiro atoms. The van der Waals surface area contributed by atoms with E-state index in [1.807, 2.05) is 23.5 Å². The molecular weight excluding hydrogens is 653 g/mol. The Morgan fingerprint density at radius 1 is 0.423 bits per heavy atom. The van der Waals surface area contributed by atoms with Gasteiger partial charge in [0.05, 0.1) is 11.0 Å². The maximum absolute atomic E-state index is 6.33.